The molecular weight excluding hydrogens is 128 g/mol. The standard InChI is InChI=1S/C7H16N2O/c1-9(10-2)5-6-3-7(8)4-6/h6-7H,3-5,8H2,1-2H3. The van der Waals surface area contributed by atoms with Crippen LogP contribution < -0.4 is 5.73 Å². The molecule has 0 bridgehead atoms. The van der Waals surface area contributed by atoms with Crippen LogP contribution in [0.2, 0.25) is 0 Å². The SMILES string of the molecule is CON(C)CC1CC(N)C1. The summed E-state index contributed by atoms with van der Waals surface area (Å²) in [4.78, 5) is 4.98. The molecule has 1 aliphatic carbocycles. The van der Waals surface area contributed by atoms with Gasteiger partial charge < -0.3 is 10.6 Å². The molecule has 1 fully saturated rings. The van der Waals surface area contributed by atoms with Crippen molar-refractivity contribution in [1.29, 1.82) is 0 Å². The third kappa shape index (κ3) is 1.94. The van der Waals surface area contributed by atoms with Crippen molar-refractivity contribution in [2.45, 2.75) is 18.9 Å². The van der Waals surface area contributed by atoms with Crippen molar-refractivity contribution in [3.05, 3.63) is 0 Å². The second-order valence-electron chi connectivity index (χ2n) is 3.09. The van der Waals surface area contributed by atoms with Gasteiger partial charge in [0.15, 0.2) is 0 Å². The molecule has 0 heterocycles. The van der Waals surface area contributed by atoms with Gasteiger partial charge in [-0.1, -0.05) is 0 Å². The lowest BCUT2D eigenvalue weighted by Crippen LogP contribution is -2.41. The highest BCUT2D eigenvalue weighted by Crippen LogP contribution is 2.25. The highest BCUT2D eigenvalue weighted by atomic mass is 16.7. The second kappa shape index (κ2) is 3.32. The Bertz CT molecular complexity index is 102. The minimum absolute atomic E-state index is 0.454. The van der Waals surface area contributed by atoms with Crippen LogP contribution >= 0.6 is 0 Å². The molecular formula is C7H16N2O. The molecule has 0 spiro atoms. The number of hydrogen-bond donors (Lipinski definition) is 1. The Labute approximate surface area is 62.1 Å². The summed E-state index contributed by atoms with van der Waals surface area (Å²) < 4.78 is 0. The fourth-order valence-corrected chi connectivity index (χ4v) is 1.37. The molecule has 3 heteroatoms. The average molecular weight is 144 g/mol. The Balaban J connectivity index is 2.04. The summed E-state index contributed by atoms with van der Waals surface area (Å²) in [6, 6.07) is 0.454. The van der Waals surface area contributed by atoms with Crippen molar-refractivity contribution in [3.8, 4) is 0 Å². The molecule has 0 atom stereocenters. The molecule has 0 radical (unpaired) electrons. The maximum absolute atomic E-state index is 5.63. The molecule has 60 valence electrons. The van der Waals surface area contributed by atoms with E-state index >= 15 is 0 Å². The number of hydrogen-bond acceptors (Lipinski definition) is 3. The third-order valence-corrected chi connectivity index (χ3v) is 2.10. The van der Waals surface area contributed by atoms with Gasteiger partial charge in [0.05, 0.1) is 7.11 Å². The van der Waals surface area contributed by atoms with Crippen molar-refractivity contribution < 1.29 is 4.84 Å². The smallest absolute Gasteiger partial charge is 0.0575 e. The first kappa shape index (κ1) is 7.98. The van der Waals surface area contributed by atoms with Gasteiger partial charge in [0.1, 0.15) is 0 Å². The number of rotatable bonds is 3. The van der Waals surface area contributed by atoms with Crippen LogP contribution in [0.25, 0.3) is 0 Å². The summed E-state index contributed by atoms with van der Waals surface area (Å²) in [5, 5.41) is 1.86. The van der Waals surface area contributed by atoms with Crippen LogP contribution in [-0.2, 0) is 4.84 Å². The van der Waals surface area contributed by atoms with Crippen LogP contribution in [0.1, 0.15) is 12.8 Å². The number of nitrogens with zero attached hydrogens (tertiary/aromatic N) is 1. The van der Waals surface area contributed by atoms with E-state index in [1.54, 1.807) is 7.11 Å². The molecule has 10 heavy (non-hydrogen) atoms. The van der Waals surface area contributed by atoms with E-state index in [4.69, 9.17) is 10.6 Å². The van der Waals surface area contributed by atoms with Gasteiger partial charge in [0.2, 0.25) is 0 Å². The van der Waals surface area contributed by atoms with E-state index < -0.39 is 0 Å². The van der Waals surface area contributed by atoms with Gasteiger partial charge in [-0.05, 0) is 18.8 Å². The van der Waals surface area contributed by atoms with Crippen LogP contribution in [0.3, 0.4) is 0 Å². The molecule has 0 aliphatic heterocycles. The number of hydroxylamine groups is 2. The first-order chi connectivity index (χ1) is 4.72. The Kier molecular flexibility index (Phi) is 2.65. The summed E-state index contributed by atoms with van der Waals surface area (Å²) in [6.07, 6.45) is 2.32. The fraction of sp³-hybridized carbons (Fsp3) is 1.00. The highest BCUT2D eigenvalue weighted by Gasteiger charge is 2.26. The molecule has 1 rings (SSSR count). The summed E-state index contributed by atoms with van der Waals surface area (Å²) in [6.45, 7) is 1.02. The summed E-state index contributed by atoms with van der Waals surface area (Å²) >= 11 is 0. The zero-order valence-corrected chi connectivity index (χ0v) is 6.71. The van der Waals surface area contributed by atoms with Crippen LogP contribution in [0.4, 0.5) is 0 Å². The Morgan fingerprint density at radius 3 is 2.60 bits per heavy atom. The topological polar surface area (TPSA) is 38.5 Å². The largest absolute Gasteiger partial charge is 0.328 e. The Morgan fingerprint density at radius 2 is 2.20 bits per heavy atom. The normalized spacial score (nSPS) is 32.4. The molecule has 0 aromatic heterocycles. The van der Waals surface area contributed by atoms with Gasteiger partial charge in [0, 0.05) is 19.6 Å². The summed E-state index contributed by atoms with van der Waals surface area (Å²) in [5.41, 5.74) is 5.63. The zero-order valence-electron chi connectivity index (χ0n) is 6.71. The van der Waals surface area contributed by atoms with Crippen LogP contribution in [0, 0.1) is 5.92 Å². The molecule has 2 N–H and O–H groups in total. The summed E-state index contributed by atoms with van der Waals surface area (Å²) in [5.74, 6) is 0.764. The van der Waals surface area contributed by atoms with Gasteiger partial charge in [0.25, 0.3) is 0 Å². The van der Waals surface area contributed by atoms with E-state index in [1.165, 1.54) is 0 Å². The van der Waals surface area contributed by atoms with Crippen molar-refractivity contribution in [2.75, 3.05) is 20.7 Å². The van der Waals surface area contributed by atoms with Crippen LogP contribution in [-0.4, -0.2) is 31.8 Å². The second-order valence-corrected chi connectivity index (χ2v) is 3.09. The lowest BCUT2D eigenvalue weighted by molar-refractivity contribution is -0.124. The van der Waals surface area contributed by atoms with Gasteiger partial charge in [-0.2, -0.15) is 5.06 Å². The van der Waals surface area contributed by atoms with Gasteiger partial charge in [-0.3, -0.25) is 0 Å². The van der Waals surface area contributed by atoms with Crippen molar-refractivity contribution >= 4 is 0 Å². The van der Waals surface area contributed by atoms with E-state index in [0.717, 1.165) is 25.3 Å². The monoisotopic (exact) mass is 144 g/mol. The van der Waals surface area contributed by atoms with Crippen LogP contribution in [0.15, 0.2) is 0 Å². The fourth-order valence-electron chi connectivity index (χ4n) is 1.37. The average Bonchev–Trinajstić information content (AvgIpc) is 1.84. The highest BCUT2D eigenvalue weighted by molar-refractivity contribution is 4.82. The molecule has 0 aromatic carbocycles. The van der Waals surface area contributed by atoms with E-state index in [9.17, 15) is 0 Å². The molecule has 1 aliphatic rings. The predicted octanol–water partition coefficient (Wildman–Crippen LogP) is 0.217. The van der Waals surface area contributed by atoms with E-state index in [1.807, 2.05) is 12.1 Å². The van der Waals surface area contributed by atoms with Gasteiger partial charge >= 0.3 is 0 Å². The third-order valence-electron chi connectivity index (χ3n) is 2.10. The summed E-state index contributed by atoms with van der Waals surface area (Å²) in [7, 11) is 3.64. The lowest BCUT2D eigenvalue weighted by atomic mass is 9.81. The van der Waals surface area contributed by atoms with E-state index in [-0.39, 0.29) is 0 Å². The van der Waals surface area contributed by atoms with Gasteiger partial charge in [-0.25, -0.2) is 0 Å². The maximum atomic E-state index is 5.63. The lowest BCUT2D eigenvalue weighted by Gasteiger charge is -2.34. The number of nitrogens with two attached hydrogens (primary N) is 1. The van der Waals surface area contributed by atoms with Crippen molar-refractivity contribution in [2.24, 2.45) is 11.7 Å². The first-order valence-electron chi connectivity index (χ1n) is 3.73. The molecule has 1 saturated carbocycles. The molecule has 0 saturated heterocycles. The van der Waals surface area contributed by atoms with E-state index in [0.29, 0.717) is 6.04 Å². The molecule has 3 nitrogen and oxygen atoms in total. The maximum Gasteiger partial charge on any atom is 0.0575 e. The quantitative estimate of drug-likeness (QED) is 0.576. The molecule has 0 unspecified atom stereocenters. The van der Waals surface area contributed by atoms with Crippen molar-refractivity contribution in [3.63, 3.8) is 0 Å². The van der Waals surface area contributed by atoms with E-state index in [2.05, 4.69) is 0 Å². The predicted molar refractivity (Wildman–Crippen MR) is 40.3 cm³/mol. The molecule has 0 aromatic rings. The first-order valence-corrected chi connectivity index (χ1v) is 3.73. The molecule has 0 amide bonds. The Hall–Kier alpha value is -0.120. The minimum atomic E-state index is 0.454. The van der Waals surface area contributed by atoms with Crippen LogP contribution in [0.5, 0.6) is 0 Å². The van der Waals surface area contributed by atoms with Crippen molar-refractivity contribution in [1.82, 2.24) is 5.06 Å². The minimum Gasteiger partial charge on any atom is -0.328 e. The Morgan fingerprint density at radius 1 is 1.60 bits per heavy atom. The zero-order chi connectivity index (χ0) is 7.56. The van der Waals surface area contributed by atoms with Gasteiger partial charge in [-0.15, -0.1) is 0 Å².